The predicted molar refractivity (Wildman–Crippen MR) is 140 cm³/mol. The van der Waals surface area contributed by atoms with E-state index in [1.54, 1.807) is 38.1 Å². The number of piperidine rings is 1. The van der Waals surface area contributed by atoms with Gasteiger partial charge < -0.3 is 20.3 Å². The van der Waals surface area contributed by atoms with Gasteiger partial charge in [-0.3, -0.25) is 9.59 Å². The zero-order chi connectivity index (χ0) is 27.4. The van der Waals surface area contributed by atoms with Crippen molar-refractivity contribution >= 4 is 11.8 Å². The smallest absolute Gasteiger partial charge is 0.257 e. The molecule has 0 aliphatic carbocycles. The van der Waals surface area contributed by atoms with Crippen LogP contribution in [0.15, 0.2) is 36.4 Å². The fraction of sp³-hybridized carbons (Fsp3) is 0.483. The average molecular weight is 525 g/mol. The van der Waals surface area contributed by atoms with E-state index < -0.39 is 29.3 Å². The predicted octanol–water partition coefficient (Wildman–Crippen LogP) is 4.29. The number of amides is 2. The van der Waals surface area contributed by atoms with Gasteiger partial charge in [0.2, 0.25) is 5.91 Å². The molecule has 2 fully saturated rings. The molecule has 2 aliphatic heterocycles. The van der Waals surface area contributed by atoms with Crippen LogP contribution in [-0.2, 0) is 4.79 Å². The van der Waals surface area contributed by atoms with Crippen molar-refractivity contribution in [3.8, 4) is 22.9 Å². The number of ether oxygens (including phenoxy) is 1. The molecular formula is C29H34F2N4O3. The number of hydrogen-bond donors (Lipinski definition) is 1. The number of nitrogens with two attached hydrogens (primary N) is 1. The van der Waals surface area contributed by atoms with E-state index in [0.717, 1.165) is 25.9 Å². The molecule has 9 heteroatoms. The maximum Gasteiger partial charge on any atom is 0.257 e. The summed E-state index contributed by atoms with van der Waals surface area (Å²) in [5, 5.41) is 9.70. The lowest BCUT2D eigenvalue weighted by atomic mass is 9.96. The molecule has 2 heterocycles. The summed E-state index contributed by atoms with van der Waals surface area (Å²) in [4.78, 5) is 27.9. The first-order valence-corrected chi connectivity index (χ1v) is 13.0. The van der Waals surface area contributed by atoms with Crippen molar-refractivity contribution in [3.63, 3.8) is 0 Å². The van der Waals surface area contributed by atoms with Crippen LogP contribution >= 0.6 is 0 Å². The second-order valence-electron chi connectivity index (χ2n) is 10.8. The van der Waals surface area contributed by atoms with E-state index >= 15 is 0 Å². The number of primary amides is 1. The molecule has 2 N–H and O–H groups in total. The normalized spacial score (nSPS) is 18.8. The summed E-state index contributed by atoms with van der Waals surface area (Å²) in [5.41, 5.74) is 5.52. The van der Waals surface area contributed by atoms with E-state index in [-0.39, 0.29) is 5.56 Å². The molecule has 2 aromatic rings. The van der Waals surface area contributed by atoms with Crippen LogP contribution in [0, 0.1) is 23.1 Å². The lowest BCUT2D eigenvalue weighted by Gasteiger charge is -2.34. The van der Waals surface area contributed by atoms with Crippen LogP contribution in [0.4, 0.5) is 8.78 Å². The van der Waals surface area contributed by atoms with Gasteiger partial charge in [-0.25, -0.2) is 8.78 Å². The van der Waals surface area contributed by atoms with Gasteiger partial charge in [-0.1, -0.05) is 12.1 Å². The van der Waals surface area contributed by atoms with E-state index in [1.165, 1.54) is 17.0 Å². The van der Waals surface area contributed by atoms with Crippen LogP contribution in [0.1, 0.15) is 55.5 Å². The summed E-state index contributed by atoms with van der Waals surface area (Å²) in [6.07, 6.45) is 2.92. The van der Waals surface area contributed by atoms with Gasteiger partial charge in [0.1, 0.15) is 29.3 Å². The quantitative estimate of drug-likeness (QED) is 0.555. The minimum atomic E-state index is -1.21. The van der Waals surface area contributed by atoms with Crippen molar-refractivity contribution in [2.45, 2.75) is 51.2 Å². The van der Waals surface area contributed by atoms with Crippen molar-refractivity contribution < 1.29 is 23.1 Å². The molecule has 1 unspecified atom stereocenters. The van der Waals surface area contributed by atoms with Crippen molar-refractivity contribution in [2.24, 2.45) is 11.7 Å². The molecule has 202 valence electrons. The topological polar surface area (TPSA) is 99.7 Å². The first-order valence-electron chi connectivity index (χ1n) is 13.0. The fourth-order valence-corrected chi connectivity index (χ4v) is 5.30. The number of carbonyl (C=O) groups excluding carboxylic acids is 2. The van der Waals surface area contributed by atoms with Crippen LogP contribution in [0.2, 0.25) is 0 Å². The summed E-state index contributed by atoms with van der Waals surface area (Å²) in [6, 6.07) is 10.8. The van der Waals surface area contributed by atoms with Crippen molar-refractivity contribution in [1.82, 2.24) is 9.80 Å². The molecule has 2 amide bonds. The zero-order valence-corrected chi connectivity index (χ0v) is 21.9. The Morgan fingerprint density at radius 2 is 1.79 bits per heavy atom. The minimum Gasteiger partial charge on any atom is -0.492 e. The Bertz CT molecular complexity index is 1230. The molecule has 0 bridgehead atoms. The molecule has 7 nitrogen and oxygen atoms in total. The third-order valence-electron chi connectivity index (χ3n) is 7.26. The van der Waals surface area contributed by atoms with Gasteiger partial charge in [-0.05, 0) is 93.9 Å². The summed E-state index contributed by atoms with van der Waals surface area (Å²) < 4.78 is 34.9. The van der Waals surface area contributed by atoms with E-state index in [1.807, 2.05) is 0 Å². The molecule has 2 saturated heterocycles. The number of halogens is 2. The van der Waals surface area contributed by atoms with Crippen LogP contribution < -0.4 is 10.5 Å². The third-order valence-corrected chi connectivity index (χ3v) is 7.26. The second-order valence-corrected chi connectivity index (χ2v) is 10.8. The van der Waals surface area contributed by atoms with Crippen molar-refractivity contribution in [2.75, 3.05) is 32.8 Å². The molecule has 2 aromatic carbocycles. The molecule has 2 aliphatic rings. The third kappa shape index (κ3) is 6.48. The highest BCUT2D eigenvalue weighted by Gasteiger charge is 2.34. The van der Waals surface area contributed by atoms with Gasteiger partial charge >= 0.3 is 0 Å². The average Bonchev–Trinajstić information content (AvgIpc) is 3.37. The Hall–Kier alpha value is -3.51. The molecule has 0 saturated carbocycles. The van der Waals surface area contributed by atoms with E-state index in [9.17, 15) is 23.6 Å². The maximum atomic E-state index is 15.0. The highest BCUT2D eigenvalue weighted by Crippen LogP contribution is 2.30. The number of carbonyl (C=O) groups is 2. The van der Waals surface area contributed by atoms with Gasteiger partial charge in [0.05, 0.1) is 17.7 Å². The highest BCUT2D eigenvalue weighted by molar-refractivity contribution is 5.98. The maximum absolute atomic E-state index is 15.0. The molecular weight excluding hydrogens is 490 g/mol. The first kappa shape index (κ1) is 27.5. The fourth-order valence-electron chi connectivity index (χ4n) is 5.30. The summed E-state index contributed by atoms with van der Waals surface area (Å²) in [5.74, 6) is -1.07. The monoisotopic (exact) mass is 524 g/mol. The number of alkyl halides is 1. The van der Waals surface area contributed by atoms with E-state index in [4.69, 9.17) is 10.5 Å². The van der Waals surface area contributed by atoms with Crippen LogP contribution in [0.5, 0.6) is 5.75 Å². The Balaban J connectivity index is 1.40. The van der Waals surface area contributed by atoms with E-state index in [0.29, 0.717) is 60.9 Å². The van der Waals surface area contributed by atoms with E-state index in [2.05, 4.69) is 11.0 Å². The molecule has 0 radical (unpaired) electrons. The van der Waals surface area contributed by atoms with Gasteiger partial charge in [-0.15, -0.1) is 0 Å². The number of benzene rings is 2. The Morgan fingerprint density at radius 3 is 2.42 bits per heavy atom. The SMILES string of the molecule is CC(C)(F)CN1CCC(COc2ccc(-c3ccc(C(=O)N4CCCC4C(N)=O)c(F)c3)cc2C#N)CC1. The second kappa shape index (κ2) is 11.5. The Kier molecular flexibility index (Phi) is 8.32. The molecule has 38 heavy (non-hydrogen) atoms. The molecule has 1 atom stereocenters. The lowest BCUT2D eigenvalue weighted by Crippen LogP contribution is -2.43. The Labute approximate surface area is 222 Å². The number of likely N-dealkylation sites (tertiary alicyclic amines) is 2. The largest absolute Gasteiger partial charge is 0.492 e. The first-order chi connectivity index (χ1) is 18.1. The van der Waals surface area contributed by atoms with Gasteiger partial charge in [0.15, 0.2) is 0 Å². The highest BCUT2D eigenvalue weighted by atomic mass is 19.1. The van der Waals surface area contributed by atoms with Crippen molar-refractivity contribution in [3.05, 3.63) is 53.3 Å². The number of nitriles is 1. The molecule has 0 spiro atoms. The number of hydrogen-bond acceptors (Lipinski definition) is 5. The van der Waals surface area contributed by atoms with Crippen LogP contribution in [0.3, 0.4) is 0 Å². The van der Waals surface area contributed by atoms with Crippen LogP contribution in [0.25, 0.3) is 11.1 Å². The van der Waals surface area contributed by atoms with Gasteiger partial charge in [-0.2, -0.15) is 5.26 Å². The van der Waals surface area contributed by atoms with Gasteiger partial charge in [0, 0.05) is 13.1 Å². The Morgan fingerprint density at radius 1 is 1.11 bits per heavy atom. The standard InChI is InChI=1S/C29H34F2N4O3/c1-29(2,31)18-34-12-9-19(10-13-34)17-38-26-8-6-20(14-22(26)16-32)21-5-7-23(24(30)15-21)28(37)35-11-3-4-25(35)27(33)36/h5-8,14-15,19,25H,3-4,9-13,17-18H2,1-2H3,(H2,33,36). The zero-order valence-electron chi connectivity index (χ0n) is 21.9. The summed E-state index contributed by atoms with van der Waals surface area (Å²) in [7, 11) is 0. The molecule has 0 aromatic heterocycles. The lowest BCUT2D eigenvalue weighted by molar-refractivity contribution is -0.121. The number of nitrogens with zero attached hydrogens (tertiary/aromatic N) is 3. The van der Waals surface area contributed by atoms with Gasteiger partial charge in [0.25, 0.3) is 5.91 Å². The minimum absolute atomic E-state index is 0.122. The van der Waals surface area contributed by atoms with Crippen LogP contribution in [-0.4, -0.2) is 66.1 Å². The summed E-state index contributed by atoms with van der Waals surface area (Å²) >= 11 is 0. The van der Waals surface area contributed by atoms with Crippen molar-refractivity contribution in [1.29, 1.82) is 5.26 Å². The number of rotatable bonds is 8. The molecule has 4 rings (SSSR count). The summed E-state index contributed by atoms with van der Waals surface area (Å²) in [6.45, 7) is 6.06.